The average Bonchev–Trinajstić information content (AvgIpc) is 3.25. The third-order valence-corrected chi connectivity index (χ3v) is 5.19. The number of guanidine groups is 1. The molecule has 0 aromatic heterocycles. The lowest BCUT2D eigenvalue weighted by molar-refractivity contribution is 0.156. The van der Waals surface area contributed by atoms with Crippen LogP contribution >= 0.6 is 24.0 Å². The summed E-state index contributed by atoms with van der Waals surface area (Å²) in [5.41, 5.74) is 1.69. The van der Waals surface area contributed by atoms with E-state index in [0.717, 1.165) is 57.4 Å². The maximum Gasteiger partial charge on any atom is 0.193 e. The van der Waals surface area contributed by atoms with E-state index < -0.39 is 0 Å². The van der Waals surface area contributed by atoms with E-state index in [1.54, 1.807) is 7.11 Å². The van der Waals surface area contributed by atoms with Crippen molar-refractivity contribution in [2.24, 2.45) is 10.4 Å². The zero-order valence-electron chi connectivity index (χ0n) is 15.3. The summed E-state index contributed by atoms with van der Waals surface area (Å²) in [7, 11) is 3.59. The largest absolute Gasteiger partial charge is 0.497 e. The van der Waals surface area contributed by atoms with Crippen molar-refractivity contribution in [1.29, 1.82) is 0 Å². The number of aryl methyl sites for hydroxylation is 1. The number of ether oxygens (including phenoxy) is 2. The van der Waals surface area contributed by atoms with E-state index in [0.29, 0.717) is 5.41 Å². The summed E-state index contributed by atoms with van der Waals surface area (Å²) >= 11 is 0. The molecular formula is C19H30IN3O2. The van der Waals surface area contributed by atoms with E-state index in [9.17, 15) is 0 Å². The van der Waals surface area contributed by atoms with Gasteiger partial charge in [0.1, 0.15) is 5.75 Å². The predicted octanol–water partition coefficient (Wildman–Crippen LogP) is 2.93. The summed E-state index contributed by atoms with van der Waals surface area (Å²) in [5.74, 6) is 1.96. The Morgan fingerprint density at radius 1 is 1.40 bits per heavy atom. The summed E-state index contributed by atoms with van der Waals surface area (Å²) in [6.07, 6.45) is 4.53. The van der Waals surface area contributed by atoms with Crippen molar-refractivity contribution in [3.63, 3.8) is 0 Å². The highest BCUT2D eigenvalue weighted by molar-refractivity contribution is 14.0. The first-order valence-corrected chi connectivity index (χ1v) is 8.91. The van der Waals surface area contributed by atoms with Crippen LogP contribution in [0, 0.1) is 5.41 Å². The number of halogens is 1. The fourth-order valence-electron chi connectivity index (χ4n) is 3.74. The lowest BCUT2D eigenvalue weighted by atomic mass is 9.87. The fourth-order valence-corrected chi connectivity index (χ4v) is 3.74. The topological polar surface area (TPSA) is 46.1 Å². The third kappa shape index (κ3) is 5.23. The third-order valence-electron chi connectivity index (χ3n) is 5.19. The monoisotopic (exact) mass is 459 g/mol. The lowest BCUT2D eigenvalue weighted by Crippen LogP contribution is -2.41. The van der Waals surface area contributed by atoms with Gasteiger partial charge in [-0.25, -0.2) is 0 Å². The molecule has 0 aliphatic carbocycles. The lowest BCUT2D eigenvalue weighted by Gasteiger charge is -2.25. The van der Waals surface area contributed by atoms with Crippen LogP contribution in [0.15, 0.2) is 29.3 Å². The zero-order chi connectivity index (χ0) is 16.8. The fraction of sp³-hybridized carbons (Fsp3) is 0.632. The average molecular weight is 459 g/mol. The number of nitrogens with one attached hydrogen (secondary N) is 1. The molecule has 0 saturated carbocycles. The molecule has 1 unspecified atom stereocenters. The molecule has 2 aliphatic rings. The predicted molar refractivity (Wildman–Crippen MR) is 112 cm³/mol. The molecule has 2 aliphatic heterocycles. The smallest absolute Gasteiger partial charge is 0.193 e. The number of methoxy groups -OCH3 is 1. The molecule has 25 heavy (non-hydrogen) atoms. The Labute approximate surface area is 168 Å². The molecule has 0 radical (unpaired) electrons. The molecular weight excluding hydrogens is 429 g/mol. The van der Waals surface area contributed by atoms with Gasteiger partial charge in [-0.2, -0.15) is 0 Å². The van der Waals surface area contributed by atoms with E-state index in [1.807, 2.05) is 19.2 Å². The normalized spacial score (nSPS) is 23.0. The highest BCUT2D eigenvalue weighted by atomic mass is 127. The van der Waals surface area contributed by atoms with Crippen LogP contribution < -0.4 is 10.1 Å². The summed E-state index contributed by atoms with van der Waals surface area (Å²) < 4.78 is 10.9. The van der Waals surface area contributed by atoms with Gasteiger partial charge in [0.25, 0.3) is 0 Å². The van der Waals surface area contributed by atoms with E-state index >= 15 is 0 Å². The zero-order valence-corrected chi connectivity index (χ0v) is 17.6. The molecule has 2 saturated heterocycles. The molecule has 3 rings (SSSR count). The second-order valence-corrected chi connectivity index (χ2v) is 6.90. The van der Waals surface area contributed by atoms with Crippen LogP contribution in [0.1, 0.15) is 24.8 Å². The van der Waals surface area contributed by atoms with Gasteiger partial charge in [0.15, 0.2) is 5.96 Å². The summed E-state index contributed by atoms with van der Waals surface area (Å²) in [6.45, 7) is 4.92. The van der Waals surface area contributed by atoms with Crippen molar-refractivity contribution < 1.29 is 9.47 Å². The van der Waals surface area contributed by atoms with Gasteiger partial charge in [-0.1, -0.05) is 12.1 Å². The second kappa shape index (κ2) is 9.62. The molecule has 2 fully saturated rings. The van der Waals surface area contributed by atoms with Gasteiger partial charge < -0.3 is 19.7 Å². The van der Waals surface area contributed by atoms with Crippen molar-refractivity contribution in [1.82, 2.24) is 10.2 Å². The Morgan fingerprint density at radius 2 is 2.28 bits per heavy atom. The Bertz CT molecular complexity index is 574. The van der Waals surface area contributed by atoms with Crippen molar-refractivity contribution in [3.05, 3.63) is 29.8 Å². The van der Waals surface area contributed by atoms with Gasteiger partial charge in [0.2, 0.25) is 0 Å². The number of rotatable bonds is 5. The van der Waals surface area contributed by atoms with Crippen molar-refractivity contribution in [2.45, 2.75) is 25.7 Å². The molecule has 0 bridgehead atoms. The van der Waals surface area contributed by atoms with Gasteiger partial charge in [0, 0.05) is 38.7 Å². The molecule has 1 aromatic carbocycles. The van der Waals surface area contributed by atoms with Crippen molar-refractivity contribution >= 4 is 29.9 Å². The molecule has 1 atom stereocenters. The summed E-state index contributed by atoms with van der Waals surface area (Å²) in [6, 6.07) is 8.30. The standard InChI is InChI=1S/C19H29N3O2.HI/c1-20-18(22-11-8-19(14-22)9-12-24-15-19)21-10-4-6-16-5-3-7-17(13-16)23-2;/h3,5,7,13H,4,6,8-12,14-15H2,1-2H3,(H,20,21);1H. The quantitative estimate of drug-likeness (QED) is 0.319. The minimum Gasteiger partial charge on any atom is -0.497 e. The van der Waals surface area contributed by atoms with Crippen LogP contribution in [-0.4, -0.2) is 57.9 Å². The minimum atomic E-state index is 0. The number of hydrogen-bond acceptors (Lipinski definition) is 3. The first kappa shape index (κ1) is 20.3. The van der Waals surface area contributed by atoms with Gasteiger partial charge in [0.05, 0.1) is 13.7 Å². The first-order chi connectivity index (χ1) is 11.7. The van der Waals surface area contributed by atoms with Crippen LogP contribution in [0.3, 0.4) is 0 Å². The van der Waals surface area contributed by atoms with Crippen molar-refractivity contribution in [3.8, 4) is 5.75 Å². The molecule has 1 aromatic rings. The Balaban J connectivity index is 0.00000225. The maximum atomic E-state index is 5.61. The summed E-state index contributed by atoms with van der Waals surface area (Å²) in [4.78, 5) is 6.86. The Kier molecular flexibility index (Phi) is 7.81. The van der Waals surface area contributed by atoms with E-state index in [1.165, 1.54) is 18.4 Å². The highest BCUT2D eigenvalue weighted by Gasteiger charge is 2.42. The van der Waals surface area contributed by atoms with Gasteiger partial charge in [-0.15, -0.1) is 24.0 Å². The van der Waals surface area contributed by atoms with E-state index in [-0.39, 0.29) is 24.0 Å². The van der Waals surface area contributed by atoms with E-state index in [4.69, 9.17) is 9.47 Å². The number of hydrogen-bond donors (Lipinski definition) is 1. The van der Waals surface area contributed by atoms with Gasteiger partial charge >= 0.3 is 0 Å². The SMILES string of the molecule is CN=C(NCCCc1cccc(OC)c1)N1CCC2(CCOC2)C1.I. The molecule has 0 amide bonds. The van der Waals surface area contributed by atoms with Crippen LogP contribution in [0.5, 0.6) is 5.75 Å². The number of aliphatic imine (C=N–C) groups is 1. The van der Waals surface area contributed by atoms with E-state index in [2.05, 4.69) is 27.3 Å². The van der Waals surface area contributed by atoms with Crippen LogP contribution in [0.4, 0.5) is 0 Å². The van der Waals surface area contributed by atoms with Gasteiger partial charge in [-0.3, -0.25) is 4.99 Å². The first-order valence-electron chi connectivity index (χ1n) is 8.91. The minimum absolute atomic E-state index is 0. The Hall–Kier alpha value is -1.02. The molecule has 5 nitrogen and oxygen atoms in total. The highest BCUT2D eigenvalue weighted by Crippen LogP contribution is 2.38. The second-order valence-electron chi connectivity index (χ2n) is 6.90. The van der Waals surface area contributed by atoms with Crippen LogP contribution in [-0.2, 0) is 11.2 Å². The molecule has 2 heterocycles. The summed E-state index contributed by atoms with van der Waals surface area (Å²) in [5, 5.41) is 3.52. The van der Waals surface area contributed by atoms with Crippen LogP contribution in [0.2, 0.25) is 0 Å². The molecule has 140 valence electrons. The Morgan fingerprint density at radius 3 is 3.00 bits per heavy atom. The number of nitrogens with zero attached hydrogens (tertiary/aromatic N) is 2. The molecule has 1 N–H and O–H groups in total. The molecule has 1 spiro atoms. The molecule has 6 heteroatoms. The van der Waals surface area contributed by atoms with Crippen LogP contribution in [0.25, 0.3) is 0 Å². The number of benzene rings is 1. The van der Waals surface area contributed by atoms with Gasteiger partial charge in [-0.05, 0) is 43.4 Å². The van der Waals surface area contributed by atoms with Crippen molar-refractivity contribution in [2.75, 3.05) is 47.0 Å². The maximum absolute atomic E-state index is 5.61. The number of likely N-dealkylation sites (tertiary alicyclic amines) is 1.